The molecule has 14 heteroatoms. The molecule has 1 atom stereocenters. The number of nitrogens with zero attached hydrogens (tertiary/aromatic N) is 4. The number of ether oxygens (including phenoxy) is 2. The summed E-state index contributed by atoms with van der Waals surface area (Å²) in [5.41, 5.74) is 1.61. The number of rotatable bonds is 5. The predicted octanol–water partition coefficient (Wildman–Crippen LogP) is 2.64. The number of fused-ring (bicyclic) bond motifs is 1. The number of imidazole rings is 2. The number of hydrogen-bond acceptors (Lipinski definition) is 7. The maximum atomic E-state index is 15.5. The molecule has 0 aliphatic carbocycles. The van der Waals surface area contributed by atoms with Crippen molar-refractivity contribution < 1.29 is 31.5 Å². The zero-order valence-electron chi connectivity index (χ0n) is 20.4. The summed E-state index contributed by atoms with van der Waals surface area (Å²) in [6.07, 6.45) is 2.00. The van der Waals surface area contributed by atoms with Crippen LogP contribution in [0, 0.1) is 18.6 Å². The van der Waals surface area contributed by atoms with Crippen LogP contribution in [0.25, 0.3) is 28.3 Å². The van der Waals surface area contributed by atoms with Crippen LogP contribution in [-0.2, 0) is 25.9 Å². The number of pyridine rings is 1. The lowest BCUT2D eigenvalue weighted by atomic mass is 10.0. The summed E-state index contributed by atoms with van der Waals surface area (Å²) in [5.74, 6) is -1.91. The van der Waals surface area contributed by atoms with Crippen LogP contribution in [0.1, 0.15) is 11.3 Å². The number of halogens is 2. The number of amides is 1. The number of nitrogens with two attached hydrogens (primary N) is 1. The first-order chi connectivity index (χ1) is 18.0. The Kier molecular flexibility index (Phi) is 6.63. The van der Waals surface area contributed by atoms with E-state index in [0.717, 1.165) is 23.9 Å². The molecule has 38 heavy (non-hydrogen) atoms. The predicted molar refractivity (Wildman–Crippen MR) is 132 cm³/mol. The van der Waals surface area contributed by atoms with Crippen molar-refractivity contribution in [2.75, 3.05) is 26.8 Å². The lowest BCUT2D eigenvalue weighted by Gasteiger charge is -2.32. The highest BCUT2D eigenvalue weighted by atomic mass is 32.2. The van der Waals surface area contributed by atoms with Crippen LogP contribution in [-0.4, -0.2) is 71.7 Å². The van der Waals surface area contributed by atoms with E-state index in [2.05, 4.69) is 15.0 Å². The maximum absolute atomic E-state index is 15.5. The molecule has 4 aromatic rings. The Bertz CT molecular complexity index is 1630. The van der Waals surface area contributed by atoms with Gasteiger partial charge in [0.05, 0.1) is 49.5 Å². The van der Waals surface area contributed by atoms with E-state index in [0.29, 0.717) is 17.9 Å². The fourth-order valence-electron chi connectivity index (χ4n) is 4.48. The Morgan fingerprint density at radius 3 is 2.68 bits per heavy atom. The van der Waals surface area contributed by atoms with Gasteiger partial charge < -0.3 is 23.8 Å². The van der Waals surface area contributed by atoms with Crippen LogP contribution in [0.3, 0.4) is 0 Å². The minimum absolute atomic E-state index is 0.0101. The van der Waals surface area contributed by atoms with Crippen molar-refractivity contribution in [1.29, 1.82) is 0 Å². The number of morpholine rings is 1. The number of nitrogens with one attached hydrogen (secondary N) is 1. The number of aromatic amines is 1. The second-order valence-electron chi connectivity index (χ2n) is 8.91. The van der Waals surface area contributed by atoms with Gasteiger partial charge in [0.1, 0.15) is 23.1 Å². The summed E-state index contributed by atoms with van der Waals surface area (Å²) >= 11 is 0. The van der Waals surface area contributed by atoms with Crippen LogP contribution >= 0.6 is 0 Å². The second kappa shape index (κ2) is 9.78. The van der Waals surface area contributed by atoms with E-state index in [4.69, 9.17) is 14.6 Å². The molecule has 3 N–H and O–H groups in total. The Morgan fingerprint density at radius 2 is 2.03 bits per heavy atom. The SMILES string of the molecule is COC(=O)N1CCO[C@@H](Cc2c(-c3c(F)cc(-c4ncc(S(N)(=O)=O)[nH]4)cc3F)nc3cc(C)ccn23)C1. The summed E-state index contributed by atoms with van der Waals surface area (Å²) in [7, 11) is -2.78. The topological polar surface area (TPSA) is 145 Å². The normalized spacial score (nSPS) is 16.2. The van der Waals surface area contributed by atoms with Crippen molar-refractivity contribution in [3.8, 4) is 22.6 Å². The third-order valence-corrected chi connectivity index (χ3v) is 7.11. The molecular weight excluding hydrogens is 522 g/mol. The number of sulfonamides is 1. The molecule has 11 nitrogen and oxygen atoms in total. The van der Waals surface area contributed by atoms with Gasteiger partial charge in [-0.1, -0.05) is 0 Å². The zero-order valence-corrected chi connectivity index (χ0v) is 21.3. The van der Waals surface area contributed by atoms with Crippen LogP contribution < -0.4 is 5.14 Å². The number of benzene rings is 1. The van der Waals surface area contributed by atoms with Crippen molar-refractivity contribution in [1.82, 2.24) is 24.3 Å². The van der Waals surface area contributed by atoms with E-state index in [1.54, 1.807) is 16.7 Å². The Morgan fingerprint density at radius 1 is 1.29 bits per heavy atom. The lowest BCUT2D eigenvalue weighted by Crippen LogP contribution is -2.46. The molecule has 0 spiro atoms. The summed E-state index contributed by atoms with van der Waals surface area (Å²) in [4.78, 5) is 24.4. The first-order valence-corrected chi connectivity index (χ1v) is 13.1. The molecule has 3 aromatic heterocycles. The molecule has 0 radical (unpaired) electrons. The smallest absolute Gasteiger partial charge is 0.409 e. The largest absolute Gasteiger partial charge is 0.453 e. The number of methoxy groups -OCH3 is 1. The fourth-order valence-corrected chi connectivity index (χ4v) is 4.92. The molecule has 4 heterocycles. The molecule has 200 valence electrons. The molecule has 0 saturated carbocycles. The number of hydrogen-bond donors (Lipinski definition) is 2. The molecule has 1 aliphatic rings. The van der Waals surface area contributed by atoms with Gasteiger partial charge in [-0.2, -0.15) is 0 Å². The number of aromatic nitrogens is 4. The maximum Gasteiger partial charge on any atom is 0.409 e. The van der Waals surface area contributed by atoms with E-state index in [-0.39, 0.29) is 47.2 Å². The van der Waals surface area contributed by atoms with Gasteiger partial charge in [-0.25, -0.2) is 37.1 Å². The Labute approximate surface area is 216 Å². The van der Waals surface area contributed by atoms with Crippen molar-refractivity contribution >= 4 is 21.8 Å². The summed E-state index contributed by atoms with van der Waals surface area (Å²) in [5, 5.41) is 4.70. The van der Waals surface area contributed by atoms with Crippen molar-refractivity contribution in [2.45, 2.75) is 24.5 Å². The van der Waals surface area contributed by atoms with Crippen molar-refractivity contribution in [3.05, 3.63) is 59.6 Å². The molecule has 1 saturated heterocycles. The second-order valence-corrected chi connectivity index (χ2v) is 10.4. The zero-order chi connectivity index (χ0) is 27.2. The standard InChI is InChI=1S/C24H24F2N6O5S/c1-13-3-4-32-18(10-15-12-31(5-6-37-15)24(33)36-2)22(29-19(32)7-13)21-16(25)8-14(9-17(21)26)23-28-11-20(30-23)38(27,34)35/h3-4,7-9,11,15H,5-6,10,12H2,1-2H3,(H,28,30)(H2,27,34,35)/t15-/m0/s1. The van der Waals surface area contributed by atoms with Gasteiger partial charge in [-0.15, -0.1) is 0 Å². The molecule has 1 amide bonds. The molecule has 0 bridgehead atoms. The highest BCUT2D eigenvalue weighted by Gasteiger charge is 2.29. The number of carbonyl (C=O) groups is 1. The van der Waals surface area contributed by atoms with Gasteiger partial charge in [-0.05, 0) is 36.8 Å². The average molecular weight is 547 g/mol. The first-order valence-electron chi connectivity index (χ1n) is 11.5. The quantitative estimate of drug-likeness (QED) is 0.391. The number of H-pyrrole nitrogens is 1. The van der Waals surface area contributed by atoms with Gasteiger partial charge in [-0.3, -0.25) is 0 Å². The monoisotopic (exact) mass is 546 g/mol. The summed E-state index contributed by atoms with van der Waals surface area (Å²) < 4.78 is 66.6. The number of primary sulfonamides is 1. The third-order valence-electron chi connectivity index (χ3n) is 6.28. The summed E-state index contributed by atoms with van der Waals surface area (Å²) in [6.45, 7) is 2.76. The molecule has 1 aliphatic heterocycles. The van der Waals surface area contributed by atoms with Gasteiger partial charge in [0, 0.05) is 24.7 Å². The van der Waals surface area contributed by atoms with Crippen LogP contribution in [0.2, 0.25) is 0 Å². The van der Waals surface area contributed by atoms with Crippen LogP contribution in [0.15, 0.2) is 41.7 Å². The highest BCUT2D eigenvalue weighted by molar-refractivity contribution is 7.89. The van der Waals surface area contributed by atoms with Crippen molar-refractivity contribution in [3.63, 3.8) is 0 Å². The third kappa shape index (κ3) is 4.85. The van der Waals surface area contributed by atoms with E-state index in [1.807, 2.05) is 13.0 Å². The van der Waals surface area contributed by atoms with E-state index in [1.165, 1.54) is 12.0 Å². The molecule has 0 unspecified atom stereocenters. The number of carbonyl (C=O) groups excluding carboxylic acids is 1. The van der Waals surface area contributed by atoms with E-state index < -0.39 is 33.9 Å². The minimum atomic E-state index is -4.07. The van der Waals surface area contributed by atoms with E-state index >= 15 is 8.78 Å². The minimum Gasteiger partial charge on any atom is -0.453 e. The molecule has 5 rings (SSSR count). The van der Waals surface area contributed by atoms with Gasteiger partial charge in [0.15, 0.2) is 5.03 Å². The van der Waals surface area contributed by atoms with Gasteiger partial charge in [0.25, 0.3) is 10.0 Å². The Hall–Kier alpha value is -3.88. The van der Waals surface area contributed by atoms with Crippen molar-refractivity contribution in [2.24, 2.45) is 5.14 Å². The summed E-state index contributed by atoms with van der Waals surface area (Å²) in [6, 6.07) is 5.72. The Balaban J connectivity index is 1.57. The highest BCUT2D eigenvalue weighted by Crippen LogP contribution is 2.34. The lowest BCUT2D eigenvalue weighted by molar-refractivity contribution is -0.0241. The molecular formula is C24H24F2N6O5S. The molecule has 1 fully saturated rings. The van der Waals surface area contributed by atoms with Crippen LogP contribution in [0.4, 0.5) is 13.6 Å². The fraction of sp³-hybridized carbons (Fsp3) is 0.292. The van der Waals surface area contributed by atoms with E-state index in [9.17, 15) is 13.2 Å². The molecule has 1 aromatic carbocycles. The van der Waals surface area contributed by atoms with Gasteiger partial charge in [0.2, 0.25) is 0 Å². The number of aryl methyl sites for hydroxylation is 1. The first kappa shape index (κ1) is 25.8. The van der Waals surface area contributed by atoms with Crippen LogP contribution in [0.5, 0.6) is 0 Å². The average Bonchev–Trinajstić information content (AvgIpc) is 3.49. The van der Waals surface area contributed by atoms with Gasteiger partial charge >= 0.3 is 6.09 Å².